The van der Waals surface area contributed by atoms with E-state index < -0.39 is 8.38 Å². The Morgan fingerprint density at radius 1 is 1.11 bits per heavy atom. The van der Waals surface area contributed by atoms with Gasteiger partial charge >= 0.3 is 5.97 Å². The van der Waals surface area contributed by atoms with E-state index in [1.807, 2.05) is 26.0 Å². The van der Waals surface area contributed by atoms with Crippen LogP contribution in [0.25, 0.3) is 0 Å². The maximum absolute atomic E-state index is 11.5. The molecule has 0 saturated heterocycles. The van der Waals surface area contributed by atoms with Gasteiger partial charge in [-0.2, -0.15) is 0 Å². The molecule has 1 rings (SSSR count). The van der Waals surface area contributed by atoms with E-state index in [0.717, 1.165) is 5.56 Å². The van der Waals surface area contributed by atoms with E-state index in [4.69, 9.17) is 13.8 Å². The lowest BCUT2D eigenvalue weighted by Gasteiger charge is -2.13. The fourth-order valence-electron chi connectivity index (χ4n) is 1.31. The molecule has 102 valence electrons. The van der Waals surface area contributed by atoms with Crippen molar-refractivity contribution in [3.8, 4) is 0 Å². The molecule has 0 unspecified atom stereocenters. The third kappa shape index (κ3) is 5.13. The van der Waals surface area contributed by atoms with Crippen LogP contribution in [0.2, 0.25) is 0 Å². The monoisotopic (exact) mass is 272 g/mol. The second kappa shape index (κ2) is 10.0. The summed E-state index contributed by atoms with van der Waals surface area (Å²) in [4.78, 5) is 11.5. The van der Waals surface area contributed by atoms with Crippen LogP contribution >= 0.6 is 8.38 Å². The molecule has 0 bridgehead atoms. The molecule has 0 aliphatic heterocycles. The average molecular weight is 272 g/mol. The molecular formula is C13H21O4P. The van der Waals surface area contributed by atoms with Gasteiger partial charge in [0.05, 0.1) is 12.7 Å². The van der Waals surface area contributed by atoms with Gasteiger partial charge in [0, 0.05) is 20.4 Å². The summed E-state index contributed by atoms with van der Waals surface area (Å²) in [6, 6.07) is 7.29. The third-order valence-corrected chi connectivity index (χ3v) is 3.54. The fourth-order valence-corrected chi connectivity index (χ4v) is 2.27. The van der Waals surface area contributed by atoms with E-state index in [9.17, 15) is 4.79 Å². The van der Waals surface area contributed by atoms with Crippen LogP contribution in [0.4, 0.5) is 0 Å². The van der Waals surface area contributed by atoms with Crippen molar-refractivity contribution in [2.24, 2.45) is 0 Å². The minimum Gasteiger partial charge on any atom is -0.465 e. The number of carbonyl (C=O) groups excluding carboxylic acids is 1. The first-order chi connectivity index (χ1) is 8.72. The van der Waals surface area contributed by atoms with Crippen molar-refractivity contribution in [1.29, 1.82) is 0 Å². The van der Waals surface area contributed by atoms with Crippen LogP contribution in [-0.2, 0) is 19.9 Å². The van der Waals surface area contributed by atoms with Crippen LogP contribution in [0.1, 0.15) is 29.8 Å². The van der Waals surface area contributed by atoms with Gasteiger partial charge in [0.25, 0.3) is 0 Å². The first-order valence-electron chi connectivity index (χ1n) is 5.75. The van der Waals surface area contributed by atoms with Crippen LogP contribution in [-0.4, -0.2) is 27.3 Å². The number of methoxy groups -OCH3 is 1. The van der Waals surface area contributed by atoms with Crippen molar-refractivity contribution >= 4 is 14.3 Å². The minimum absolute atomic E-state index is 0.335. The number of benzene rings is 1. The SMILES string of the molecule is CC.COC(=O)c1ccccc1CP(OC)OC. The van der Waals surface area contributed by atoms with Crippen molar-refractivity contribution in [2.45, 2.75) is 20.0 Å². The normalized spacial score (nSPS) is 9.67. The number of rotatable bonds is 5. The highest BCUT2D eigenvalue weighted by molar-refractivity contribution is 7.46. The summed E-state index contributed by atoms with van der Waals surface area (Å²) in [6.07, 6.45) is 0.577. The molecule has 0 atom stereocenters. The summed E-state index contributed by atoms with van der Waals surface area (Å²) in [7, 11) is 3.57. The second-order valence-corrected chi connectivity index (χ2v) is 4.72. The van der Waals surface area contributed by atoms with Gasteiger partial charge < -0.3 is 13.8 Å². The highest BCUT2D eigenvalue weighted by Crippen LogP contribution is 2.40. The van der Waals surface area contributed by atoms with Gasteiger partial charge in [-0.3, -0.25) is 0 Å². The molecule has 0 aliphatic carbocycles. The van der Waals surface area contributed by atoms with Gasteiger partial charge in [-0.25, -0.2) is 4.79 Å². The minimum atomic E-state index is -0.986. The highest BCUT2D eigenvalue weighted by atomic mass is 31.2. The van der Waals surface area contributed by atoms with Gasteiger partial charge in [-0.15, -0.1) is 0 Å². The van der Waals surface area contributed by atoms with Crippen molar-refractivity contribution < 1.29 is 18.6 Å². The second-order valence-electron chi connectivity index (χ2n) is 3.00. The molecule has 5 heteroatoms. The molecule has 4 nitrogen and oxygen atoms in total. The summed E-state index contributed by atoms with van der Waals surface area (Å²) >= 11 is 0. The number of carbonyl (C=O) groups is 1. The molecule has 1 aromatic rings. The molecule has 0 spiro atoms. The fraction of sp³-hybridized carbons (Fsp3) is 0.462. The number of hydrogen-bond donors (Lipinski definition) is 0. The Labute approximate surface area is 110 Å². The number of hydrogen-bond acceptors (Lipinski definition) is 4. The Hall–Kier alpha value is -0.960. The Balaban J connectivity index is 0.00000137. The van der Waals surface area contributed by atoms with E-state index in [2.05, 4.69) is 0 Å². The van der Waals surface area contributed by atoms with Crippen molar-refractivity contribution in [1.82, 2.24) is 0 Å². The van der Waals surface area contributed by atoms with Crippen molar-refractivity contribution in [2.75, 3.05) is 21.3 Å². The summed E-state index contributed by atoms with van der Waals surface area (Å²) in [5.41, 5.74) is 1.44. The Morgan fingerprint density at radius 2 is 1.67 bits per heavy atom. The highest BCUT2D eigenvalue weighted by Gasteiger charge is 2.15. The molecular weight excluding hydrogens is 251 g/mol. The molecule has 0 aromatic heterocycles. The Bertz CT molecular complexity index is 351. The summed E-state index contributed by atoms with van der Waals surface area (Å²) in [5.74, 6) is -0.335. The zero-order valence-corrected chi connectivity index (χ0v) is 12.5. The Morgan fingerprint density at radius 3 is 2.17 bits per heavy atom. The van der Waals surface area contributed by atoms with Crippen LogP contribution in [0.5, 0.6) is 0 Å². The maximum Gasteiger partial charge on any atom is 0.338 e. The number of ether oxygens (including phenoxy) is 1. The zero-order chi connectivity index (χ0) is 14.0. The van der Waals surface area contributed by atoms with E-state index >= 15 is 0 Å². The zero-order valence-electron chi connectivity index (χ0n) is 11.6. The lowest BCUT2D eigenvalue weighted by atomic mass is 10.1. The quantitative estimate of drug-likeness (QED) is 0.606. The van der Waals surface area contributed by atoms with Gasteiger partial charge in [-0.05, 0) is 11.6 Å². The van der Waals surface area contributed by atoms with Gasteiger partial charge in [0.1, 0.15) is 0 Å². The predicted molar refractivity (Wildman–Crippen MR) is 73.8 cm³/mol. The third-order valence-electron chi connectivity index (χ3n) is 2.13. The largest absolute Gasteiger partial charge is 0.465 e. The predicted octanol–water partition coefficient (Wildman–Crippen LogP) is 3.60. The number of esters is 1. The van der Waals surface area contributed by atoms with E-state index in [1.54, 1.807) is 26.4 Å². The Kier molecular flexibility index (Phi) is 9.47. The molecule has 0 aliphatic rings. The summed E-state index contributed by atoms with van der Waals surface area (Å²) in [6.45, 7) is 4.00. The van der Waals surface area contributed by atoms with Crippen molar-refractivity contribution in [3.63, 3.8) is 0 Å². The molecule has 0 saturated carbocycles. The van der Waals surface area contributed by atoms with E-state index in [1.165, 1.54) is 7.11 Å². The van der Waals surface area contributed by atoms with Gasteiger partial charge in [0.15, 0.2) is 8.38 Å². The lowest BCUT2D eigenvalue weighted by molar-refractivity contribution is 0.0600. The molecule has 18 heavy (non-hydrogen) atoms. The van der Waals surface area contributed by atoms with Crippen LogP contribution in [0.3, 0.4) is 0 Å². The van der Waals surface area contributed by atoms with Crippen LogP contribution < -0.4 is 0 Å². The first-order valence-corrected chi connectivity index (χ1v) is 7.11. The summed E-state index contributed by atoms with van der Waals surface area (Å²) in [5, 5.41) is 0. The average Bonchev–Trinajstić information content (AvgIpc) is 2.46. The molecule has 0 heterocycles. The maximum atomic E-state index is 11.5. The van der Waals surface area contributed by atoms with Gasteiger partial charge in [-0.1, -0.05) is 32.0 Å². The molecule has 0 N–H and O–H groups in total. The van der Waals surface area contributed by atoms with Crippen molar-refractivity contribution in [3.05, 3.63) is 35.4 Å². The standard InChI is InChI=1S/C11H15O4P.C2H6/c1-13-11(12)10-7-5-4-6-9(10)8-16(14-2)15-3;1-2/h4-7H,8H2,1-3H3;1-2H3. The van der Waals surface area contributed by atoms with Gasteiger partial charge in [0.2, 0.25) is 0 Å². The topological polar surface area (TPSA) is 44.8 Å². The molecule has 0 radical (unpaired) electrons. The molecule has 0 amide bonds. The molecule has 1 aromatic carbocycles. The molecule has 0 fully saturated rings. The smallest absolute Gasteiger partial charge is 0.338 e. The van der Waals surface area contributed by atoms with Crippen LogP contribution in [0, 0.1) is 0 Å². The lowest BCUT2D eigenvalue weighted by Crippen LogP contribution is -2.05. The summed E-state index contributed by atoms with van der Waals surface area (Å²) < 4.78 is 15.0. The van der Waals surface area contributed by atoms with Crippen LogP contribution in [0.15, 0.2) is 24.3 Å². The van der Waals surface area contributed by atoms with E-state index in [-0.39, 0.29) is 5.97 Å². The van der Waals surface area contributed by atoms with E-state index in [0.29, 0.717) is 11.7 Å². The first kappa shape index (κ1) is 17.0.